The van der Waals surface area contributed by atoms with Gasteiger partial charge in [0.1, 0.15) is 0 Å². The van der Waals surface area contributed by atoms with E-state index in [4.69, 9.17) is 0 Å². The Kier molecular flexibility index (Phi) is 5.70. The maximum absolute atomic E-state index is 12.8. The molecule has 3 unspecified atom stereocenters. The maximum Gasteiger partial charge on any atom is 0.391 e. The second-order valence-corrected chi connectivity index (χ2v) is 5.44. The molecule has 0 bridgehead atoms. The first-order valence-electron chi connectivity index (χ1n) is 6.81. The molecule has 1 saturated carbocycles. The van der Waals surface area contributed by atoms with Gasteiger partial charge in [-0.15, -0.1) is 0 Å². The molecule has 0 saturated heterocycles. The van der Waals surface area contributed by atoms with Crippen molar-refractivity contribution in [3.8, 4) is 0 Å². The van der Waals surface area contributed by atoms with Gasteiger partial charge in [0.05, 0.1) is 5.92 Å². The lowest BCUT2D eigenvalue weighted by Crippen LogP contribution is -2.41. The zero-order chi connectivity index (χ0) is 13.8. The van der Waals surface area contributed by atoms with Crippen LogP contribution in [-0.2, 0) is 0 Å². The highest BCUT2D eigenvalue weighted by Gasteiger charge is 2.43. The molecular weight excluding hydrogens is 239 g/mol. The molecule has 0 radical (unpaired) electrons. The van der Waals surface area contributed by atoms with E-state index >= 15 is 0 Å². The summed E-state index contributed by atoms with van der Waals surface area (Å²) in [5.74, 6) is -1.05. The van der Waals surface area contributed by atoms with Crippen molar-refractivity contribution in [2.24, 2.45) is 11.8 Å². The maximum atomic E-state index is 12.8. The number of rotatable bonds is 5. The van der Waals surface area contributed by atoms with E-state index in [1.807, 2.05) is 6.92 Å². The van der Waals surface area contributed by atoms with Crippen LogP contribution in [0, 0.1) is 11.8 Å². The Morgan fingerprint density at radius 3 is 2.56 bits per heavy atom. The third-order valence-electron chi connectivity index (χ3n) is 3.79. The standard InChI is InChI=1S/C14H24F3N/c1-4-8-18-13(10(2)3)11-6-5-7-12(9-11)14(15,16)17/h11-13,18H,2,4-9H2,1,3H3. The molecule has 1 rings (SSSR count). The molecule has 4 heteroatoms. The minimum Gasteiger partial charge on any atom is -0.310 e. The van der Waals surface area contributed by atoms with E-state index in [0.717, 1.165) is 25.0 Å². The lowest BCUT2D eigenvalue weighted by Gasteiger charge is -2.36. The molecular formula is C14H24F3N. The second-order valence-electron chi connectivity index (χ2n) is 5.44. The van der Waals surface area contributed by atoms with Gasteiger partial charge in [-0.2, -0.15) is 13.2 Å². The van der Waals surface area contributed by atoms with Crippen LogP contribution in [0.5, 0.6) is 0 Å². The van der Waals surface area contributed by atoms with Crippen molar-refractivity contribution in [1.82, 2.24) is 5.32 Å². The summed E-state index contributed by atoms with van der Waals surface area (Å²) in [6, 6.07) is 0.0371. The topological polar surface area (TPSA) is 12.0 Å². The average molecular weight is 263 g/mol. The quantitative estimate of drug-likeness (QED) is 0.729. The molecule has 0 aromatic heterocycles. The second kappa shape index (κ2) is 6.60. The summed E-state index contributed by atoms with van der Waals surface area (Å²) in [5, 5.41) is 3.34. The fourth-order valence-electron chi connectivity index (χ4n) is 2.87. The van der Waals surface area contributed by atoms with Gasteiger partial charge >= 0.3 is 6.18 Å². The first-order valence-corrected chi connectivity index (χ1v) is 6.81. The summed E-state index contributed by atoms with van der Waals surface area (Å²) < 4.78 is 38.4. The SMILES string of the molecule is C=C(C)C(NCCC)C1CCCC(C(F)(F)F)C1. The predicted molar refractivity (Wildman–Crippen MR) is 68.4 cm³/mol. The van der Waals surface area contributed by atoms with Crippen molar-refractivity contribution in [1.29, 1.82) is 0 Å². The summed E-state index contributed by atoms with van der Waals surface area (Å²) in [6.45, 7) is 8.73. The lowest BCUT2D eigenvalue weighted by atomic mass is 9.76. The number of hydrogen-bond donors (Lipinski definition) is 1. The molecule has 1 nitrogen and oxygen atoms in total. The van der Waals surface area contributed by atoms with Crippen LogP contribution >= 0.6 is 0 Å². The van der Waals surface area contributed by atoms with Crippen LogP contribution in [0.15, 0.2) is 12.2 Å². The predicted octanol–water partition coefficient (Wildman–Crippen LogP) is 4.30. The highest BCUT2D eigenvalue weighted by atomic mass is 19.4. The number of alkyl halides is 3. The molecule has 0 amide bonds. The Bertz CT molecular complexity index is 273. The monoisotopic (exact) mass is 263 g/mol. The molecule has 1 aliphatic rings. The van der Waals surface area contributed by atoms with Crippen LogP contribution in [0.4, 0.5) is 13.2 Å². The van der Waals surface area contributed by atoms with Gasteiger partial charge < -0.3 is 5.32 Å². The molecule has 3 atom stereocenters. The summed E-state index contributed by atoms with van der Waals surface area (Å²) in [6.07, 6.45) is -0.968. The van der Waals surface area contributed by atoms with E-state index in [-0.39, 0.29) is 24.8 Å². The largest absolute Gasteiger partial charge is 0.391 e. The molecule has 106 valence electrons. The van der Waals surface area contributed by atoms with Gasteiger partial charge in [-0.05, 0) is 45.1 Å². The smallest absolute Gasteiger partial charge is 0.310 e. The third kappa shape index (κ3) is 4.30. The van der Waals surface area contributed by atoms with Crippen molar-refractivity contribution in [2.75, 3.05) is 6.54 Å². The number of hydrogen-bond acceptors (Lipinski definition) is 1. The molecule has 1 N–H and O–H groups in total. The first-order chi connectivity index (χ1) is 8.36. The van der Waals surface area contributed by atoms with Crippen LogP contribution in [0.25, 0.3) is 0 Å². The lowest BCUT2D eigenvalue weighted by molar-refractivity contribution is -0.186. The van der Waals surface area contributed by atoms with Crippen LogP contribution in [0.2, 0.25) is 0 Å². The minimum absolute atomic E-state index is 0.0371. The zero-order valence-electron chi connectivity index (χ0n) is 11.3. The molecule has 0 heterocycles. The number of nitrogens with one attached hydrogen (secondary N) is 1. The summed E-state index contributed by atoms with van der Waals surface area (Å²) in [4.78, 5) is 0. The molecule has 0 aromatic rings. The fraction of sp³-hybridized carbons (Fsp3) is 0.857. The fourth-order valence-corrected chi connectivity index (χ4v) is 2.87. The Morgan fingerprint density at radius 2 is 2.06 bits per heavy atom. The van der Waals surface area contributed by atoms with Crippen molar-refractivity contribution in [2.45, 2.75) is 58.2 Å². The highest BCUT2D eigenvalue weighted by Crippen LogP contribution is 2.41. The van der Waals surface area contributed by atoms with Crippen LogP contribution in [0.1, 0.15) is 46.0 Å². The van der Waals surface area contributed by atoms with Gasteiger partial charge in [0.15, 0.2) is 0 Å². The van der Waals surface area contributed by atoms with Crippen molar-refractivity contribution >= 4 is 0 Å². The Morgan fingerprint density at radius 1 is 1.39 bits per heavy atom. The third-order valence-corrected chi connectivity index (χ3v) is 3.79. The van der Waals surface area contributed by atoms with Gasteiger partial charge in [0.2, 0.25) is 0 Å². The van der Waals surface area contributed by atoms with Gasteiger partial charge in [-0.3, -0.25) is 0 Å². The Labute approximate surface area is 108 Å². The van der Waals surface area contributed by atoms with Crippen LogP contribution in [-0.4, -0.2) is 18.8 Å². The van der Waals surface area contributed by atoms with Crippen LogP contribution in [0.3, 0.4) is 0 Å². The summed E-state index contributed by atoms with van der Waals surface area (Å²) in [7, 11) is 0. The Hall–Kier alpha value is -0.510. The Balaban J connectivity index is 2.65. The summed E-state index contributed by atoms with van der Waals surface area (Å²) >= 11 is 0. The zero-order valence-corrected chi connectivity index (χ0v) is 11.3. The molecule has 0 spiro atoms. The van der Waals surface area contributed by atoms with E-state index < -0.39 is 12.1 Å². The number of halogens is 3. The van der Waals surface area contributed by atoms with E-state index in [2.05, 4.69) is 18.8 Å². The van der Waals surface area contributed by atoms with Gasteiger partial charge in [0.25, 0.3) is 0 Å². The van der Waals surface area contributed by atoms with E-state index in [1.165, 1.54) is 0 Å². The molecule has 18 heavy (non-hydrogen) atoms. The van der Waals surface area contributed by atoms with Crippen LogP contribution < -0.4 is 5.32 Å². The van der Waals surface area contributed by atoms with E-state index in [0.29, 0.717) is 6.42 Å². The van der Waals surface area contributed by atoms with Gasteiger partial charge in [0, 0.05) is 6.04 Å². The van der Waals surface area contributed by atoms with E-state index in [1.54, 1.807) is 0 Å². The van der Waals surface area contributed by atoms with Gasteiger partial charge in [-0.25, -0.2) is 0 Å². The minimum atomic E-state index is -4.04. The van der Waals surface area contributed by atoms with Gasteiger partial charge in [-0.1, -0.05) is 25.5 Å². The van der Waals surface area contributed by atoms with E-state index in [9.17, 15) is 13.2 Å². The highest BCUT2D eigenvalue weighted by molar-refractivity contribution is 5.05. The van der Waals surface area contributed by atoms with Crippen molar-refractivity contribution in [3.63, 3.8) is 0 Å². The van der Waals surface area contributed by atoms with Crippen molar-refractivity contribution in [3.05, 3.63) is 12.2 Å². The molecule has 1 aliphatic carbocycles. The molecule has 1 fully saturated rings. The average Bonchev–Trinajstić information content (AvgIpc) is 2.28. The summed E-state index contributed by atoms with van der Waals surface area (Å²) in [5.41, 5.74) is 0.955. The normalized spacial score (nSPS) is 26.9. The molecule has 0 aliphatic heterocycles. The first kappa shape index (κ1) is 15.5. The van der Waals surface area contributed by atoms with Crippen molar-refractivity contribution < 1.29 is 13.2 Å². The molecule has 0 aromatic carbocycles.